The number of rotatable bonds is 7. The molecule has 1 aromatic carbocycles. The van der Waals surface area contributed by atoms with E-state index in [1.807, 2.05) is 13.0 Å². The Bertz CT molecular complexity index is 906. The summed E-state index contributed by atoms with van der Waals surface area (Å²) in [6.07, 6.45) is 1.06. The molecule has 0 aliphatic carbocycles. The number of carbonyl (C=O) groups excluding carboxylic acids is 1. The van der Waals surface area contributed by atoms with Crippen molar-refractivity contribution >= 4 is 40.2 Å². The molecule has 2 rings (SSSR count). The first-order chi connectivity index (χ1) is 12.4. The Labute approximate surface area is 161 Å². The summed E-state index contributed by atoms with van der Waals surface area (Å²) in [5.74, 6) is -0.103. The van der Waals surface area contributed by atoms with Crippen LogP contribution in [0.25, 0.3) is 10.9 Å². The Morgan fingerprint density at radius 3 is 2.88 bits per heavy atom. The largest absolute Gasteiger partial charge is 0.344 e. The number of aromatic nitrogens is 2. The molecule has 0 radical (unpaired) electrons. The number of benzene rings is 1. The second kappa shape index (κ2) is 9.06. The zero-order chi connectivity index (χ0) is 19.3. The molecule has 1 heterocycles. The van der Waals surface area contributed by atoms with Crippen molar-refractivity contribution in [1.82, 2.24) is 14.5 Å². The van der Waals surface area contributed by atoms with Gasteiger partial charge in [0.15, 0.2) is 5.16 Å². The maximum absolute atomic E-state index is 12.8. The summed E-state index contributed by atoms with van der Waals surface area (Å²) in [6.45, 7) is 4.67. The first-order valence-electron chi connectivity index (χ1n) is 8.37. The first-order valence-corrected chi connectivity index (χ1v) is 9.63. The Morgan fingerprint density at radius 2 is 2.23 bits per heavy atom. The van der Waals surface area contributed by atoms with E-state index in [1.165, 1.54) is 16.7 Å². The van der Waals surface area contributed by atoms with Gasteiger partial charge >= 0.3 is 0 Å². The van der Waals surface area contributed by atoms with Gasteiger partial charge < -0.3 is 4.90 Å². The fourth-order valence-corrected chi connectivity index (χ4v) is 3.75. The van der Waals surface area contributed by atoms with Gasteiger partial charge in [0.1, 0.15) is 0 Å². The third-order valence-electron chi connectivity index (χ3n) is 3.89. The molecule has 1 amide bonds. The van der Waals surface area contributed by atoms with E-state index in [0.717, 1.165) is 6.42 Å². The Hall–Kier alpha value is -2.04. The number of fused-ring (bicyclic) bond motifs is 1. The van der Waals surface area contributed by atoms with E-state index >= 15 is 0 Å². The van der Waals surface area contributed by atoms with Crippen LogP contribution in [0.3, 0.4) is 0 Å². The summed E-state index contributed by atoms with van der Waals surface area (Å²) in [7, 11) is 1.67. The zero-order valence-electron chi connectivity index (χ0n) is 15.0. The monoisotopic (exact) mass is 392 g/mol. The van der Waals surface area contributed by atoms with E-state index in [4.69, 9.17) is 16.9 Å². The van der Waals surface area contributed by atoms with Crippen LogP contribution in [0, 0.1) is 11.3 Å². The van der Waals surface area contributed by atoms with Crippen LogP contribution in [0.2, 0.25) is 5.02 Å². The number of carbonyl (C=O) groups is 1. The number of halogens is 1. The first kappa shape index (κ1) is 20.3. The number of hydrogen-bond acceptors (Lipinski definition) is 5. The molecule has 6 nitrogen and oxygen atoms in total. The fraction of sp³-hybridized carbons (Fsp3) is 0.444. The van der Waals surface area contributed by atoms with Gasteiger partial charge in [-0.15, -0.1) is 0 Å². The molecular formula is C18H21ClN4O2S. The van der Waals surface area contributed by atoms with Crippen molar-refractivity contribution in [3.05, 3.63) is 33.6 Å². The van der Waals surface area contributed by atoms with E-state index in [9.17, 15) is 9.59 Å². The Kier molecular flexibility index (Phi) is 7.06. The lowest BCUT2D eigenvalue weighted by Crippen LogP contribution is -2.34. The highest BCUT2D eigenvalue weighted by atomic mass is 35.5. The van der Waals surface area contributed by atoms with Crippen molar-refractivity contribution in [2.75, 3.05) is 13.6 Å². The molecule has 8 heteroatoms. The number of nitrogens with zero attached hydrogens (tertiary/aromatic N) is 4. The number of amides is 1. The molecule has 0 bridgehead atoms. The molecule has 0 aliphatic rings. The van der Waals surface area contributed by atoms with Gasteiger partial charge in [-0.1, -0.05) is 30.3 Å². The fourth-order valence-electron chi connectivity index (χ4n) is 2.53. The van der Waals surface area contributed by atoms with Gasteiger partial charge in [0.2, 0.25) is 5.91 Å². The second-order valence-electron chi connectivity index (χ2n) is 5.94. The molecule has 2 aromatic rings. The quantitative estimate of drug-likeness (QED) is 0.533. The van der Waals surface area contributed by atoms with Gasteiger partial charge in [-0.3, -0.25) is 14.2 Å². The van der Waals surface area contributed by atoms with E-state index in [2.05, 4.69) is 4.98 Å². The van der Waals surface area contributed by atoms with Crippen molar-refractivity contribution in [3.63, 3.8) is 0 Å². The Morgan fingerprint density at radius 1 is 1.50 bits per heavy atom. The normalized spacial score (nSPS) is 12.0. The molecule has 26 heavy (non-hydrogen) atoms. The molecule has 0 unspecified atom stereocenters. The topological polar surface area (TPSA) is 79.0 Å². The Balaban J connectivity index is 2.38. The minimum absolute atomic E-state index is 0.103. The van der Waals surface area contributed by atoms with Crippen molar-refractivity contribution in [3.8, 4) is 6.07 Å². The van der Waals surface area contributed by atoms with Crippen LogP contribution < -0.4 is 5.56 Å². The van der Waals surface area contributed by atoms with Crippen molar-refractivity contribution in [2.24, 2.45) is 0 Å². The van der Waals surface area contributed by atoms with Gasteiger partial charge in [0.05, 0.1) is 28.6 Å². The molecule has 0 saturated carbocycles. The highest BCUT2D eigenvalue weighted by Gasteiger charge is 2.22. The third kappa shape index (κ3) is 4.57. The van der Waals surface area contributed by atoms with Crippen LogP contribution in [0.1, 0.15) is 26.7 Å². The summed E-state index contributed by atoms with van der Waals surface area (Å²) >= 11 is 7.28. The summed E-state index contributed by atoms with van der Waals surface area (Å²) in [4.78, 5) is 31.4. The van der Waals surface area contributed by atoms with Gasteiger partial charge in [-0.25, -0.2) is 4.98 Å². The van der Waals surface area contributed by atoms with Gasteiger partial charge in [0, 0.05) is 25.2 Å². The SMILES string of the molecule is CCCn1c(S[C@H](C)C(=O)N(C)CCC#N)nc2cc(Cl)ccc2c1=O. The van der Waals surface area contributed by atoms with E-state index in [1.54, 1.807) is 36.7 Å². The number of thioether (sulfide) groups is 1. The van der Waals surface area contributed by atoms with Gasteiger partial charge in [-0.05, 0) is 31.5 Å². The number of hydrogen-bond donors (Lipinski definition) is 0. The summed E-state index contributed by atoms with van der Waals surface area (Å²) in [5, 5.41) is 9.76. The van der Waals surface area contributed by atoms with E-state index in [0.29, 0.717) is 34.2 Å². The maximum atomic E-state index is 12.8. The van der Waals surface area contributed by atoms with E-state index in [-0.39, 0.29) is 17.9 Å². The average Bonchev–Trinajstić information content (AvgIpc) is 2.61. The van der Waals surface area contributed by atoms with Crippen LogP contribution in [0.5, 0.6) is 0 Å². The minimum atomic E-state index is -0.426. The van der Waals surface area contributed by atoms with Gasteiger partial charge in [0.25, 0.3) is 5.56 Å². The standard InChI is InChI=1S/C18H21ClN4O2S/c1-4-9-23-17(25)14-7-6-13(19)11-15(14)21-18(23)26-12(2)16(24)22(3)10-5-8-20/h6-7,11-12H,4-5,9-10H2,1-3H3/t12-/m1/s1. The molecule has 0 saturated heterocycles. The lowest BCUT2D eigenvalue weighted by molar-refractivity contribution is -0.128. The zero-order valence-corrected chi connectivity index (χ0v) is 16.6. The molecular weight excluding hydrogens is 372 g/mol. The molecule has 0 N–H and O–H groups in total. The average molecular weight is 393 g/mol. The highest BCUT2D eigenvalue weighted by Crippen LogP contribution is 2.25. The predicted molar refractivity (Wildman–Crippen MR) is 104 cm³/mol. The summed E-state index contributed by atoms with van der Waals surface area (Å²) in [5.41, 5.74) is 0.392. The predicted octanol–water partition coefficient (Wildman–Crippen LogP) is 3.31. The van der Waals surface area contributed by atoms with Crippen LogP contribution in [0.4, 0.5) is 0 Å². The molecule has 0 spiro atoms. The van der Waals surface area contributed by atoms with Crippen LogP contribution in [-0.2, 0) is 11.3 Å². The van der Waals surface area contributed by atoms with Crippen LogP contribution >= 0.6 is 23.4 Å². The molecule has 0 fully saturated rings. The van der Waals surface area contributed by atoms with Crippen LogP contribution in [0.15, 0.2) is 28.2 Å². The lowest BCUT2D eigenvalue weighted by atomic mass is 10.2. The molecule has 1 atom stereocenters. The molecule has 1 aromatic heterocycles. The van der Waals surface area contributed by atoms with Crippen LogP contribution in [-0.4, -0.2) is 39.2 Å². The molecule has 0 aliphatic heterocycles. The maximum Gasteiger partial charge on any atom is 0.262 e. The lowest BCUT2D eigenvalue weighted by Gasteiger charge is -2.21. The van der Waals surface area contributed by atoms with Crippen molar-refractivity contribution < 1.29 is 4.79 Å². The summed E-state index contributed by atoms with van der Waals surface area (Å²) < 4.78 is 1.61. The van der Waals surface area contributed by atoms with Gasteiger partial charge in [-0.2, -0.15) is 5.26 Å². The minimum Gasteiger partial charge on any atom is -0.344 e. The second-order valence-corrected chi connectivity index (χ2v) is 7.69. The van der Waals surface area contributed by atoms with Crippen molar-refractivity contribution in [2.45, 2.75) is 43.6 Å². The highest BCUT2D eigenvalue weighted by molar-refractivity contribution is 8.00. The number of nitriles is 1. The van der Waals surface area contributed by atoms with Crippen molar-refractivity contribution in [1.29, 1.82) is 5.26 Å². The third-order valence-corrected chi connectivity index (χ3v) is 5.21. The smallest absolute Gasteiger partial charge is 0.262 e. The molecule has 138 valence electrons. The summed E-state index contributed by atoms with van der Waals surface area (Å²) in [6, 6.07) is 7.04. The van der Waals surface area contributed by atoms with E-state index < -0.39 is 5.25 Å².